The van der Waals surface area contributed by atoms with Gasteiger partial charge in [-0.3, -0.25) is 0 Å². The average Bonchev–Trinajstić information content (AvgIpc) is 4.10. The van der Waals surface area contributed by atoms with Crippen LogP contribution in [0.1, 0.15) is 0 Å². The number of thiophene rings is 4. The molecular weight excluding hydrogens is 757 g/mol. The minimum absolute atomic E-state index is 1.17. The van der Waals surface area contributed by atoms with Crippen LogP contribution in [-0.2, 0) is 0 Å². The van der Waals surface area contributed by atoms with Gasteiger partial charge in [0, 0.05) is 72.2 Å². The first-order valence-electron chi connectivity index (χ1n) is 18.7. The van der Waals surface area contributed by atoms with Crippen LogP contribution in [0.5, 0.6) is 0 Å². The fourth-order valence-corrected chi connectivity index (χ4v) is 13.4. The smallest absolute Gasteiger partial charge is 0.0711 e. The fraction of sp³-hybridized carbons (Fsp3) is 0. The molecular formula is C50H28N2S4. The van der Waals surface area contributed by atoms with Crippen LogP contribution < -0.4 is 0 Å². The number of nitrogens with zero attached hydrogens (tertiary/aromatic N) is 2. The van der Waals surface area contributed by atoms with Crippen LogP contribution in [0.3, 0.4) is 0 Å². The Morgan fingerprint density at radius 1 is 0.286 bits per heavy atom. The molecule has 6 heteroatoms. The fourth-order valence-electron chi connectivity index (χ4n) is 8.83. The summed E-state index contributed by atoms with van der Waals surface area (Å²) in [6.07, 6.45) is 0. The van der Waals surface area contributed by atoms with Gasteiger partial charge >= 0.3 is 0 Å². The van der Waals surface area contributed by atoms with Crippen molar-refractivity contribution in [3.05, 3.63) is 170 Å². The summed E-state index contributed by atoms with van der Waals surface area (Å²) in [5.41, 5.74) is 9.86. The first-order chi connectivity index (χ1) is 27.7. The molecule has 7 aromatic carbocycles. The van der Waals surface area contributed by atoms with E-state index >= 15 is 0 Å². The minimum atomic E-state index is 1.17. The van der Waals surface area contributed by atoms with Gasteiger partial charge in [-0.15, -0.1) is 45.3 Å². The normalized spacial score (nSPS) is 12.3. The highest BCUT2D eigenvalue weighted by molar-refractivity contribution is 7.30. The Kier molecular flexibility index (Phi) is 6.55. The molecule has 6 heterocycles. The van der Waals surface area contributed by atoms with E-state index in [9.17, 15) is 0 Å². The Labute approximate surface area is 337 Å². The van der Waals surface area contributed by atoms with E-state index in [1.54, 1.807) is 0 Å². The molecule has 2 nitrogen and oxygen atoms in total. The van der Waals surface area contributed by atoms with Crippen LogP contribution in [0, 0.1) is 0 Å². The Bertz CT molecular complexity index is 3550. The summed E-state index contributed by atoms with van der Waals surface area (Å²) in [6.45, 7) is 0. The SMILES string of the molecule is c1ccc(-n2c3ccccc3c3cc(-n4c5cc(-c6ccc7sc8ccccc8c7c6)sc5c5sc(-c6ccc7sc8ccccc8c7c6)cc54)ccc32)cc1. The Morgan fingerprint density at radius 3 is 1.41 bits per heavy atom. The van der Waals surface area contributed by atoms with Gasteiger partial charge in [0.2, 0.25) is 0 Å². The number of rotatable bonds is 4. The molecule has 262 valence electrons. The zero-order chi connectivity index (χ0) is 36.5. The lowest BCUT2D eigenvalue weighted by atomic mass is 10.1. The van der Waals surface area contributed by atoms with E-state index in [0.717, 1.165) is 0 Å². The van der Waals surface area contributed by atoms with Crippen LogP contribution in [-0.4, -0.2) is 9.13 Å². The summed E-state index contributed by atoms with van der Waals surface area (Å²) in [5, 5.41) is 7.87. The number of hydrogen-bond acceptors (Lipinski definition) is 4. The summed E-state index contributed by atoms with van der Waals surface area (Å²) in [6, 6.07) is 63.1. The quantitative estimate of drug-likeness (QED) is 0.168. The maximum Gasteiger partial charge on any atom is 0.0711 e. The van der Waals surface area contributed by atoms with Crippen molar-refractivity contribution in [1.82, 2.24) is 9.13 Å². The third-order valence-electron chi connectivity index (χ3n) is 11.4. The molecule has 0 radical (unpaired) electrons. The van der Waals surface area contributed by atoms with Crippen molar-refractivity contribution in [1.29, 1.82) is 0 Å². The molecule has 0 aliphatic rings. The van der Waals surface area contributed by atoms with E-state index in [4.69, 9.17) is 0 Å². The number of aromatic nitrogens is 2. The topological polar surface area (TPSA) is 9.86 Å². The van der Waals surface area contributed by atoms with Crippen LogP contribution in [0.4, 0.5) is 0 Å². The lowest BCUT2D eigenvalue weighted by molar-refractivity contribution is 1.17. The van der Waals surface area contributed by atoms with Crippen molar-refractivity contribution in [3.8, 4) is 32.3 Å². The number of hydrogen-bond donors (Lipinski definition) is 0. The zero-order valence-corrected chi connectivity index (χ0v) is 33.0. The maximum absolute atomic E-state index is 2.52. The van der Waals surface area contributed by atoms with E-state index < -0.39 is 0 Å². The molecule has 0 fully saturated rings. The number of para-hydroxylation sites is 2. The van der Waals surface area contributed by atoms with Gasteiger partial charge in [-0.2, -0.15) is 0 Å². The van der Waals surface area contributed by atoms with E-state index in [1.165, 1.54) is 115 Å². The molecule has 13 rings (SSSR count). The minimum Gasteiger partial charge on any atom is -0.309 e. The largest absolute Gasteiger partial charge is 0.309 e. The van der Waals surface area contributed by atoms with Crippen molar-refractivity contribution in [2.45, 2.75) is 0 Å². The molecule has 0 saturated carbocycles. The third kappa shape index (κ3) is 4.47. The number of benzene rings is 7. The predicted molar refractivity (Wildman–Crippen MR) is 248 cm³/mol. The Balaban J connectivity index is 1.06. The van der Waals surface area contributed by atoms with Crippen molar-refractivity contribution < 1.29 is 0 Å². The van der Waals surface area contributed by atoms with Gasteiger partial charge < -0.3 is 9.13 Å². The molecule has 0 amide bonds. The maximum atomic E-state index is 2.52. The summed E-state index contributed by atoms with van der Waals surface area (Å²) in [5.74, 6) is 0. The third-order valence-corrected chi connectivity index (χ3v) is 16.2. The van der Waals surface area contributed by atoms with Gasteiger partial charge in [-0.25, -0.2) is 0 Å². The summed E-state index contributed by atoms with van der Waals surface area (Å²) in [7, 11) is 0. The molecule has 13 aromatic rings. The van der Waals surface area contributed by atoms with Crippen molar-refractivity contribution in [3.63, 3.8) is 0 Å². The highest BCUT2D eigenvalue weighted by Gasteiger charge is 2.22. The Morgan fingerprint density at radius 2 is 0.786 bits per heavy atom. The standard InChI is InChI=1S/C50H28N2S4/c1-2-10-31(11-3-1)51-39-15-7-4-12-33(39)36-26-32(20-21-40(36)51)52-41-27-47(29-18-22-45-37(24-29)34-13-5-8-16-43(34)53-45)55-49(41)50-42(52)28-48(56-50)30-19-23-46-38(25-30)35-14-6-9-17-44(35)54-46/h1-28H. The van der Waals surface area contributed by atoms with Crippen LogP contribution in [0.15, 0.2) is 170 Å². The second-order valence-electron chi connectivity index (χ2n) is 14.5. The molecule has 0 N–H and O–H groups in total. The van der Waals surface area contributed by atoms with E-state index in [-0.39, 0.29) is 0 Å². The molecule has 6 aromatic heterocycles. The predicted octanol–water partition coefficient (Wildman–Crippen LogP) is 16.1. The molecule has 0 spiro atoms. The van der Waals surface area contributed by atoms with E-state index in [1.807, 2.05) is 45.3 Å². The molecule has 0 aliphatic heterocycles. The van der Waals surface area contributed by atoms with Crippen LogP contribution in [0.25, 0.3) is 115 Å². The molecule has 0 unspecified atom stereocenters. The van der Waals surface area contributed by atoms with Crippen molar-refractivity contribution in [2.24, 2.45) is 0 Å². The van der Waals surface area contributed by atoms with E-state index in [2.05, 4.69) is 179 Å². The zero-order valence-electron chi connectivity index (χ0n) is 29.7. The second kappa shape index (κ2) is 11.7. The van der Waals surface area contributed by atoms with Gasteiger partial charge in [0.15, 0.2) is 0 Å². The van der Waals surface area contributed by atoms with Crippen LogP contribution in [0.2, 0.25) is 0 Å². The van der Waals surface area contributed by atoms with Crippen LogP contribution >= 0.6 is 45.3 Å². The molecule has 0 bridgehead atoms. The average molecular weight is 785 g/mol. The lowest BCUT2D eigenvalue weighted by Gasteiger charge is -2.09. The van der Waals surface area contributed by atoms with Gasteiger partial charge in [0.25, 0.3) is 0 Å². The Hall–Kier alpha value is -6.02. The molecule has 0 atom stereocenters. The molecule has 0 aliphatic carbocycles. The van der Waals surface area contributed by atoms with Gasteiger partial charge in [-0.1, -0.05) is 84.9 Å². The monoisotopic (exact) mass is 784 g/mol. The summed E-state index contributed by atoms with van der Waals surface area (Å²) in [4.78, 5) is 2.59. The first kappa shape index (κ1) is 31.2. The highest BCUT2D eigenvalue weighted by Crippen LogP contribution is 2.48. The van der Waals surface area contributed by atoms with Crippen molar-refractivity contribution >= 4 is 128 Å². The first-order valence-corrected chi connectivity index (χ1v) is 22.0. The van der Waals surface area contributed by atoms with Gasteiger partial charge in [0.05, 0.1) is 31.5 Å². The van der Waals surface area contributed by atoms with Gasteiger partial charge in [-0.05, 0) is 96.1 Å². The second-order valence-corrected chi connectivity index (χ2v) is 18.8. The summed E-state index contributed by atoms with van der Waals surface area (Å²) >= 11 is 7.60. The lowest BCUT2D eigenvalue weighted by Crippen LogP contribution is -1.95. The van der Waals surface area contributed by atoms with E-state index in [0.29, 0.717) is 0 Å². The summed E-state index contributed by atoms with van der Waals surface area (Å²) < 4.78 is 13.0. The van der Waals surface area contributed by atoms with Crippen molar-refractivity contribution in [2.75, 3.05) is 0 Å². The molecule has 0 saturated heterocycles. The number of fused-ring (bicyclic) bond motifs is 12. The van der Waals surface area contributed by atoms with Gasteiger partial charge in [0.1, 0.15) is 0 Å². The highest BCUT2D eigenvalue weighted by atomic mass is 32.1. The molecule has 56 heavy (non-hydrogen) atoms.